The molecule has 176 valence electrons. The van der Waals surface area contributed by atoms with Crippen LogP contribution < -0.4 is 10.6 Å². The molecule has 0 saturated heterocycles. The summed E-state index contributed by atoms with van der Waals surface area (Å²) >= 11 is 12.1. The van der Waals surface area contributed by atoms with Crippen molar-refractivity contribution in [3.8, 4) is 0 Å². The van der Waals surface area contributed by atoms with E-state index in [-0.39, 0.29) is 34.2 Å². The van der Waals surface area contributed by atoms with Crippen molar-refractivity contribution in [1.82, 2.24) is 20.6 Å². The molecule has 8 heteroatoms. The summed E-state index contributed by atoms with van der Waals surface area (Å²) in [5.74, 6) is 1.16. The molecule has 2 saturated carbocycles. The lowest BCUT2D eigenvalue weighted by atomic mass is 9.75. The molecular formula is C25H30Cl2N4O2. The van der Waals surface area contributed by atoms with Crippen molar-refractivity contribution in [2.45, 2.75) is 69.9 Å². The Bertz CT molecular complexity index is 893. The van der Waals surface area contributed by atoms with Crippen LogP contribution in [-0.2, 0) is 0 Å². The van der Waals surface area contributed by atoms with Crippen LogP contribution >= 0.6 is 23.2 Å². The fourth-order valence-electron chi connectivity index (χ4n) is 5.19. The summed E-state index contributed by atoms with van der Waals surface area (Å²) in [4.78, 5) is 32.9. The predicted octanol–water partition coefficient (Wildman–Crippen LogP) is 5.45. The lowest BCUT2D eigenvalue weighted by Crippen LogP contribution is -2.39. The summed E-state index contributed by atoms with van der Waals surface area (Å²) in [7, 11) is 0. The summed E-state index contributed by atoms with van der Waals surface area (Å²) in [6.45, 7) is 0. The summed E-state index contributed by atoms with van der Waals surface area (Å²) < 4.78 is 0. The number of hydrogen-bond acceptors (Lipinski definition) is 4. The molecule has 6 nitrogen and oxygen atoms in total. The van der Waals surface area contributed by atoms with Crippen molar-refractivity contribution in [2.75, 3.05) is 0 Å². The molecule has 2 amide bonds. The van der Waals surface area contributed by atoms with Crippen molar-refractivity contribution >= 4 is 35.0 Å². The zero-order chi connectivity index (χ0) is 23.2. The Kier molecular flexibility index (Phi) is 8.20. The van der Waals surface area contributed by atoms with Crippen LogP contribution in [0.15, 0.2) is 36.7 Å². The Balaban J connectivity index is 1.16. The molecule has 0 aromatic carbocycles. The summed E-state index contributed by atoms with van der Waals surface area (Å²) in [6, 6.07) is 7.28. The predicted molar refractivity (Wildman–Crippen MR) is 130 cm³/mol. The minimum Gasteiger partial charge on any atom is -0.349 e. The van der Waals surface area contributed by atoms with Gasteiger partial charge in [0.25, 0.3) is 11.8 Å². The molecule has 2 aliphatic rings. The zero-order valence-electron chi connectivity index (χ0n) is 18.6. The largest absolute Gasteiger partial charge is 0.349 e. The average Bonchev–Trinajstić information content (AvgIpc) is 2.82. The maximum absolute atomic E-state index is 12.5. The Hall–Kier alpha value is -2.18. The third-order valence-corrected chi connectivity index (χ3v) is 7.64. The van der Waals surface area contributed by atoms with Gasteiger partial charge in [0.1, 0.15) is 10.3 Å². The minimum atomic E-state index is -0.135. The second kappa shape index (κ2) is 11.3. The maximum Gasteiger partial charge on any atom is 0.254 e. The number of aromatic nitrogens is 2. The first kappa shape index (κ1) is 24.0. The Morgan fingerprint density at radius 3 is 1.48 bits per heavy atom. The molecule has 2 aliphatic carbocycles. The molecule has 2 fully saturated rings. The van der Waals surface area contributed by atoms with E-state index in [1.807, 2.05) is 0 Å². The highest BCUT2D eigenvalue weighted by Crippen LogP contribution is 2.35. The Morgan fingerprint density at radius 1 is 0.727 bits per heavy atom. The quantitative estimate of drug-likeness (QED) is 0.529. The third kappa shape index (κ3) is 6.45. The average molecular weight is 489 g/mol. The number of carbonyl (C=O) groups excluding carboxylic acids is 2. The number of halogens is 2. The third-order valence-electron chi connectivity index (χ3n) is 7.04. The SMILES string of the molecule is O=C(NC1CCC(CC2CCC(NC(=O)c3cccnc3Cl)CC2)CC1)c1cccnc1Cl. The molecular weight excluding hydrogens is 459 g/mol. The van der Waals surface area contributed by atoms with Gasteiger partial charge in [0.05, 0.1) is 11.1 Å². The van der Waals surface area contributed by atoms with Crippen LogP contribution in [0.1, 0.15) is 78.5 Å². The lowest BCUT2D eigenvalue weighted by molar-refractivity contribution is 0.0917. The van der Waals surface area contributed by atoms with Crippen molar-refractivity contribution < 1.29 is 9.59 Å². The first-order chi connectivity index (χ1) is 16.0. The first-order valence-electron chi connectivity index (χ1n) is 11.8. The van der Waals surface area contributed by atoms with E-state index >= 15 is 0 Å². The fraction of sp³-hybridized carbons (Fsp3) is 0.520. The van der Waals surface area contributed by atoms with E-state index in [0.717, 1.165) is 51.4 Å². The molecule has 2 heterocycles. The molecule has 0 radical (unpaired) electrons. The van der Waals surface area contributed by atoms with Gasteiger partial charge in [0.2, 0.25) is 0 Å². The van der Waals surface area contributed by atoms with Crippen LogP contribution in [0.2, 0.25) is 10.3 Å². The van der Waals surface area contributed by atoms with Crippen LogP contribution in [0.5, 0.6) is 0 Å². The van der Waals surface area contributed by atoms with Crippen LogP contribution in [0.3, 0.4) is 0 Å². The van der Waals surface area contributed by atoms with Gasteiger partial charge >= 0.3 is 0 Å². The van der Waals surface area contributed by atoms with Gasteiger partial charge in [-0.25, -0.2) is 9.97 Å². The molecule has 0 bridgehead atoms. The Morgan fingerprint density at radius 2 is 1.12 bits per heavy atom. The van der Waals surface area contributed by atoms with Gasteiger partial charge in [-0.2, -0.15) is 0 Å². The molecule has 0 unspecified atom stereocenters. The van der Waals surface area contributed by atoms with Crippen LogP contribution in [0.4, 0.5) is 0 Å². The number of nitrogens with one attached hydrogen (secondary N) is 2. The van der Waals surface area contributed by atoms with Crippen LogP contribution in [0, 0.1) is 11.8 Å². The van der Waals surface area contributed by atoms with Gasteiger partial charge in [-0.05, 0) is 93.9 Å². The number of carbonyl (C=O) groups is 2. The van der Waals surface area contributed by atoms with E-state index in [1.165, 1.54) is 6.42 Å². The zero-order valence-corrected chi connectivity index (χ0v) is 20.1. The summed E-state index contributed by atoms with van der Waals surface area (Å²) in [5.41, 5.74) is 0.881. The van der Waals surface area contributed by atoms with Crippen LogP contribution in [-0.4, -0.2) is 33.9 Å². The Labute approximate surface area is 204 Å². The monoisotopic (exact) mass is 488 g/mol. The highest BCUT2D eigenvalue weighted by molar-refractivity contribution is 6.33. The normalized spacial score (nSPS) is 25.3. The van der Waals surface area contributed by atoms with E-state index in [4.69, 9.17) is 23.2 Å². The molecule has 0 atom stereocenters. The van der Waals surface area contributed by atoms with E-state index in [2.05, 4.69) is 20.6 Å². The number of rotatable bonds is 6. The lowest BCUT2D eigenvalue weighted by Gasteiger charge is -2.34. The van der Waals surface area contributed by atoms with Crippen molar-refractivity contribution in [3.05, 3.63) is 58.1 Å². The smallest absolute Gasteiger partial charge is 0.254 e. The van der Waals surface area contributed by atoms with Gasteiger partial charge in [-0.15, -0.1) is 0 Å². The number of pyridine rings is 2. The standard InChI is InChI=1S/C25H30Cl2N4O2/c26-22-20(3-1-13-28-22)24(32)30-18-9-5-16(6-10-18)15-17-7-11-19(12-8-17)31-25(33)21-4-2-14-29-23(21)27/h1-4,13-14,16-19H,5-12,15H2,(H,30,32)(H,31,33). The topological polar surface area (TPSA) is 84.0 Å². The van der Waals surface area contributed by atoms with E-state index in [9.17, 15) is 9.59 Å². The molecule has 33 heavy (non-hydrogen) atoms. The van der Waals surface area contributed by atoms with Crippen LogP contribution in [0.25, 0.3) is 0 Å². The maximum atomic E-state index is 12.5. The fourth-order valence-corrected chi connectivity index (χ4v) is 5.60. The number of amides is 2. The van der Waals surface area contributed by atoms with Crippen molar-refractivity contribution in [3.63, 3.8) is 0 Å². The second-order valence-electron chi connectivity index (χ2n) is 9.30. The van der Waals surface area contributed by atoms with Gasteiger partial charge in [0.15, 0.2) is 0 Å². The van der Waals surface area contributed by atoms with Gasteiger partial charge in [-0.3, -0.25) is 9.59 Å². The van der Waals surface area contributed by atoms with E-state index < -0.39 is 0 Å². The molecule has 0 spiro atoms. The minimum absolute atomic E-state index is 0.135. The highest BCUT2D eigenvalue weighted by Gasteiger charge is 2.28. The van der Waals surface area contributed by atoms with E-state index in [0.29, 0.717) is 23.0 Å². The van der Waals surface area contributed by atoms with Gasteiger partial charge in [0, 0.05) is 24.5 Å². The van der Waals surface area contributed by atoms with Crippen molar-refractivity contribution in [2.24, 2.45) is 11.8 Å². The van der Waals surface area contributed by atoms with Crippen molar-refractivity contribution in [1.29, 1.82) is 0 Å². The van der Waals surface area contributed by atoms with E-state index in [1.54, 1.807) is 36.7 Å². The molecule has 4 rings (SSSR count). The molecule has 0 aliphatic heterocycles. The molecule has 2 N–H and O–H groups in total. The highest BCUT2D eigenvalue weighted by atomic mass is 35.5. The molecule has 2 aromatic heterocycles. The summed E-state index contributed by atoms with van der Waals surface area (Å²) in [6.07, 6.45) is 13.0. The first-order valence-corrected chi connectivity index (χ1v) is 12.6. The van der Waals surface area contributed by atoms with Gasteiger partial charge < -0.3 is 10.6 Å². The number of hydrogen-bond donors (Lipinski definition) is 2. The number of nitrogens with zero attached hydrogens (tertiary/aromatic N) is 2. The molecule has 2 aromatic rings. The summed E-state index contributed by atoms with van der Waals surface area (Å²) in [5, 5.41) is 6.75. The second-order valence-corrected chi connectivity index (χ2v) is 10.0. The van der Waals surface area contributed by atoms with Gasteiger partial charge in [-0.1, -0.05) is 23.2 Å².